The minimum atomic E-state index is -4.14. The van der Waals surface area contributed by atoms with Crippen LogP contribution in [0.3, 0.4) is 0 Å². The zero-order valence-electron chi connectivity index (χ0n) is 20.8. The summed E-state index contributed by atoms with van der Waals surface area (Å²) in [5.74, 6) is -0.587. The largest absolute Gasteiger partial charge is 0.495 e. The van der Waals surface area contributed by atoms with Crippen molar-refractivity contribution in [3.05, 3.63) is 90.0 Å². The first-order valence-corrected chi connectivity index (χ1v) is 12.9. The van der Waals surface area contributed by atoms with Crippen LogP contribution < -0.4 is 14.4 Å². The summed E-state index contributed by atoms with van der Waals surface area (Å²) in [6.07, 6.45) is 0. The molecule has 0 saturated heterocycles. The van der Waals surface area contributed by atoms with Crippen LogP contribution in [-0.2, 0) is 26.2 Å². The maximum Gasteiger partial charge on any atom is 0.264 e. The summed E-state index contributed by atoms with van der Waals surface area (Å²) in [6, 6.07) is 21.3. The number of ether oxygens (including phenoxy) is 1. The van der Waals surface area contributed by atoms with Crippen LogP contribution in [0, 0.1) is 6.92 Å². The van der Waals surface area contributed by atoms with Crippen molar-refractivity contribution in [2.75, 3.05) is 25.0 Å². The number of likely N-dealkylation sites (N-methyl/N-ethyl adjacent to an activating group) is 1. The molecule has 0 heterocycles. The Bertz CT molecular complexity index is 1290. The number of aryl methyl sites for hydroxylation is 1. The number of carbonyl (C=O) groups is 2. The summed E-state index contributed by atoms with van der Waals surface area (Å²) in [4.78, 5) is 27.7. The molecule has 8 nitrogen and oxygen atoms in total. The van der Waals surface area contributed by atoms with Gasteiger partial charge in [0.15, 0.2) is 0 Å². The first kappa shape index (κ1) is 26.7. The molecule has 0 spiro atoms. The van der Waals surface area contributed by atoms with Crippen LogP contribution in [0.5, 0.6) is 5.75 Å². The Labute approximate surface area is 212 Å². The molecule has 2 amide bonds. The van der Waals surface area contributed by atoms with Crippen LogP contribution in [0.25, 0.3) is 0 Å². The molecular weight excluding hydrogens is 478 g/mol. The molecule has 0 aliphatic heterocycles. The molecular formula is C27H31N3O5S. The molecule has 36 heavy (non-hydrogen) atoms. The lowest BCUT2D eigenvalue weighted by atomic mass is 10.1. The number of para-hydroxylation sites is 2. The van der Waals surface area contributed by atoms with Gasteiger partial charge in [-0.05, 0) is 43.7 Å². The van der Waals surface area contributed by atoms with Gasteiger partial charge in [0.2, 0.25) is 11.8 Å². The van der Waals surface area contributed by atoms with E-state index in [0.717, 1.165) is 15.4 Å². The van der Waals surface area contributed by atoms with Crippen LogP contribution in [0.2, 0.25) is 0 Å². The maximum atomic E-state index is 13.7. The fraction of sp³-hybridized carbons (Fsp3) is 0.259. The van der Waals surface area contributed by atoms with E-state index in [1.165, 1.54) is 31.2 Å². The molecule has 0 radical (unpaired) electrons. The molecule has 0 unspecified atom stereocenters. The second-order valence-corrected chi connectivity index (χ2v) is 10.2. The van der Waals surface area contributed by atoms with E-state index >= 15 is 0 Å². The second-order valence-electron chi connectivity index (χ2n) is 8.29. The van der Waals surface area contributed by atoms with Crippen molar-refractivity contribution in [2.24, 2.45) is 0 Å². The molecule has 190 valence electrons. The van der Waals surface area contributed by atoms with Crippen molar-refractivity contribution >= 4 is 27.5 Å². The highest BCUT2D eigenvalue weighted by atomic mass is 32.2. The number of rotatable bonds is 10. The molecule has 0 fully saturated rings. The van der Waals surface area contributed by atoms with Crippen LogP contribution in [0.1, 0.15) is 18.1 Å². The zero-order chi connectivity index (χ0) is 26.3. The number of hydrogen-bond donors (Lipinski definition) is 1. The molecule has 3 aromatic rings. The van der Waals surface area contributed by atoms with Gasteiger partial charge in [0.1, 0.15) is 18.3 Å². The monoisotopic (exact) mass is 509 g/mol. The average molecular weight is 510 g/mol. The number of carbonyl (C=O) groups excluding carboxylic acids is 2. The zero-order valence-corrected chi connectivity index (χ0v) is 21.7. The normalized spacial score (nSPS) is 11.9. The Morgan fingerprint density at radius 2 is 1.56 bits per heavy atom. The van der Waals surface area contributed by atoms with E-state index < -0.39 is 28.5 Å². The molecule has 0 saturated carbocycles. The Hall–Kier alpha value is -3.85. The minimum Gasteiger partial charge on any atom is -0.495 e. The molecule has 0 aromatic heterocycles. The standard InChI is InChI=1S/C27H31N3O5S/c1-20-14-16-22(17-15-20)18-29(21(2)27(32)28-3)26(31)19-30(24-12-8-9-13-25(24)35-4)36(33,34)23-10-6-5-7-11-23/h5-17,21H,18-19H2,1-4H3,(H,28,32)/t21-/m0/s1. The third kappa shape index (κ3) is 6.04. The first-order valence-electron chi connectivity index (χ1n) is 11.5. The van der Waals surface area contributed by atoms with Gasteiger partial charge in [-0.1, -0.05) is 60.2 Å². The van der Waals surface area contributed by atoms with Crippen molar-refractivity contribution < 1.29 is 22.7 Å². The average Bonchev–Trinajstić information content (AvgIpc) is 2.90. The van der Waals surface area contributed by atoms with Crippen molar-refractivity contribution in [1.29, 1.82) is 0 Å². The third-order valence-electron chi connectivity index (χ3n) is 5.85. The lowest BCUT2D eigenvalue weighted by Gasteiger charge is -2.32. The highest BCUT2D eigenvalue weighted by Crippen LogP contribution is 2.32. The van der Waals surface area contributed by atoms with E-state index in [9.17, 15) is 18.0 Å². The van der Waals surface area contributed by atoms with E-state index in [2.05, 4.69) is 5.32 Å². The van der Waals surface area contributed by atoms with E-state index in [0.29, 0.717) is 5.75 Å². The van der Waals surface area contributed by atoms with Crippen LogP contribution in [0.4, 0.5) is 5.69 Å². The summed E-state index contributed by atoms with van der Waals surface area (Å²) < 4.78 is 33.9. The fourth-order valence-electron chi connectivity index (χ4n) is 3.75. The smallest absolute Gasteiger partial charge is 0.264 e. The summed E-state index contributed by atoms with van der Waals surface area (Å²) in [5, 5.41) is 2.57. The lowest BCUT2D eigenvalue weighted by Crippen LogP contribution is -2.50. The van der Waals surface area contributed by atoms with Gasteiger partial charge in [-0.15, -0.1) is 0 Å². The number of sulfonamides is 1. The van der Waals surface area contributed by atoms with Crippen molar-refractivity contribution in [2.45, 2.75) is 31.3 Å². The number of hydrogen-bond acceptors (Lipinski definition) is 5. The number of methoxy groups -OCH3 is 1. The third-order valence-corrected chi connectivity index (χ3v) is 7.63. The highest BCUT2D eigenvalue weighted by molar-refractivity contribution is 7.92. The Morgan fingerprint density at radius 1 is 0.944 bits per heavy atom. The van der Waals surface area contributed by atoms with Crippen LogP contribution in [0.15, 0.2) is 83.8 Å². The molecule has 0 bridgehead atoms. The summed E-state index contributed by atoms with van der Waals surface area (Å²) >= 11 is 0. The first-order chi connectivity index (χ1) is 17.2. The van der Waals surface area contributed by atoms with Crippen molar-refractivity contribution in [3.63, 3.8) is 0 Å². The molecule has 1 N–H and O–H groups in total. The molecule has 1 atom stereocenters. The van der Waals surface area contributed by atoms with Gasteiger partial charge in [0.25, 0.3) is 10.0 Å². The SMILES string of the molecule is CNC(=O)[C@H](C)N(Cc1ccc(C)cc1)C(=O)CN(c1ccccc1OC)S(=O)(=O)c1ccccc1. The van der Waals surface area contributed by atoms with Gasteiger partial charge in [0.05, 0.1) is 17.7 Å². The number of nitrogens with zero attached hydrogens (tertiary/aromatic N) is 2. The van der Waals surface area contributed by atoms with E-state index in [1.54, 1.807) is 49.4 Å². The molecule has 3 aromatic carbocycles. The number of amides is 2. The van der Waals surface area contributed by atoms with Crippen molar-refractivity contribution in [3.8, 4) is 5.75 Å². The number of benzene rings is 3. The van der Waals surface area contributed by atoms with Crippen molar-refractivity contribution in [1.82, 2.24) is 10.2 Å². The topological polar surface area (TPSA) is 96.0 Å². The van der Waals surface area contributed by atoms with Gasteiger partial charge in [-0.25, -0.2) is 8.42 Å². The van der Waals surface area contributed by atoms with Crippen LogP contribution in [-0.4, -0.2) is 51.9 Å². The van der Waals surface area contributed by atoms with Gasteiger partial charge in [0, 0.05) is 13.6 Å². The molecule has 9 heteroatoms. The number of nitrogens with one attached hydrogen (secondary N) is 1. The Kier molecular flexibility index (Phi) is 8.71. The van der Waals surface area contributed by atoms with Gasteiger partial charge in [-0.2, -0.15) is 0 Å². The number of anilines is 1. The quantitative estimate of drug-likeness (QED) is 0.452. The predicted molar refractivity (Wildman–Crippen MR) is 139 cm³/mol. The predicted octanol–water partition coefficient (Wildman–Crippen LogP) is 3.36. The van der Waals surface area contributed by atoms with Gasteiger partial charge in [-0.3, -0.25) is 13.9 Å². The van der Waals surface area contributed by atoms with E-state index in [-0.39, 0.29) is 23.0 Å². The summed E-state index contributed by atoms with van der Waals surface area (Å²) in [6.45, 7) is 3.19. The maximum absolute atomic E-state index is 13.7. The van der Waals surface area contributed by atoms with E-state index in [1.807, 2.05) is 31.2 Å². The lowest BCUT2D eigenvalue weighted by molar-refractivity contribution is -0.139. The Balaban J connectivity index is 2.05. The van der Waals surface area contributed by atoms with Gasteiger partial charge < -0.3 is 15.0 Å². The summed E-state index contributed by atoms with van der Waals surface area (Å²) in [5.41, 5.74) is 2.10. The second kappa shape index (κ2) is 11.7. The minimum absolute atomic E-state index is 0.0353. The fourth-order valence-corrected chi connectivity index (χ4v) is 5.20. The Morgan fingerprint density at radius 3 is 2.17 bits per heavy atom. The molecule has 0 aliphatic rings. The molecule has 0 aliphatic carbocycles. The summed E-state index contributed by atoms with van der Waals surface area (Å²) in [7, 11) is -1.21. The van der Waals surface area contributed by atoms with E-state index in [4.69, 9.17) is 4.74 Å². The highest BCUT2D eigenvalue weighted by Gasteiger charge is 2.33. The van der Waals surface area contributed by atoms with Gasteiger partial charge >= 0.3 is 0 Å². The molecule has 3 rings (SSSR count). The van der Waals surface area contributed by atoms with Crippen LogP contribution >= 0.6 is 0 Å².